The maximum Gasteiger partial charge on any atom is 0.205 e. The van der Waals surface area contributed by atoms with Crippen LogP contribution in [0.2, 0.25) is 0 Å². The molecule has 158 valence electrons. The highest BCUT2D eigenvalue weighted by molar-refractivity contribution is 6.24. The van der Waals surface area contributed by atoms with Gasteiger partial charge in [0, 0.05) is 25.0 Å². The number of allylic oxidation sites excluding steroid dienone is 2. The fourth-order valence-electron chi connectivity index (χ4n) is 3.65. The van der Waals surface area contributed by atoms with E-state index in [1.165, 1.54) is 62.6 Å². The Morgan fingerprint density at radius 3 is 2.23 bits per heavy atom. The molecule has 1 N–H and O–H groups in total. The number of anilines is 1. The zero-order valence-corrected chi connectivity index (χ0v) is 18.0. The number of carbonyl (C=O) groups excluding carboxylic acids is 1. The van der Waals surface area contributed by atoms with Crippen molar-refractivity contribution in [2.24, 2.45) is 4.99 Å². The summed E-state index contributed by atoms with van der Waals surface area (Å²) in [6.45, 7) is 6.61. The average molecular weight is 406 g/mol. The quantitative estimate of drug-likeness (QED) is 0.504. The van der Waals surface area contributed by atoms with Crippen LogP contribution in [0.4, 0.5) is 11.4 Å². The standard InChI is InChI=1S/C25H31N3O2/c1-3-5-7-17-28(18-8-6-4-2)20-11-9-19(10-12-20)27-21-13-14-23(30)25-24(21)22(29)15-16-26-25/h9-16H,3-8,17-18H2,1-2H3,(H,26,29). The van der Waals surface area contributed by atoms with E-state index < -0.39 is 0 Å². The van der Waals surface area contributed by atoms with Crippen LogP contribution in [0.25, 0.3) is 0 Å². The van der Waals surface area contributed by atoms with Crippen molar-refractivity contribution in [3.8, 4) is 5.75 Å². The summed E-state index contributed by atoms with van der Waals surface area (Å²) in [6.07, 6.45) is 11.9. The minimum atomic E-state index is -0.218. The summed E-state index contributed by atoms with van der Waals surface area (Å²) in [5.74, 6) is -0.198. The van der Waals surface area contributed by atoms with Gasteiger partial charge in [-0.15, -0.1) is 0 Å². The molecule has 2 aromatic rings. The number of ketones is 1. The van der Waals surface area contributed by atoms with Crippen LogP contribution in [0.1, 0.15) is 68.4 Å². The van der Waals surface area contributed by atoms with Gasteiger partial charge in [-0.25, -0.2) is 4.99 Å². The molecule has 0 atom stereocenters. The summed E-state index contributed by atoms with van der Waals surface area (Å²) < 4.78 is 0. The summed E-state index contributed by atoms with van der Waals surface area (Å²) >= 11 is 0. The van der Waals surface area contributed by atoms with Crippen LogP contribution in [0.15, 0.2) is 53.7 Å². The first-order valence-corrected chi connectivity index (χ1v) is 11.0. The predicted octanol–water partition coefficient (Wildman–Crippen LogP) is 5.85. The Labute approximate surface area is 179 Å². The van der Waals surface area contributed by atoms with Crippen molar-refractivity contribution in [3.63, 3.8) is 0 Å². The summed E-state index contributed by atoms with van der Waals surface area (Å²) in [5.41, 5.74) is 3.18. The monoisotopic (exact) mass is 405 g/mol. The fraction of sp³-hybridized carbons (Fsp3) is 0.400. The number of nitrogens with zero attached hydrogens (tertiary/aromatic N) is 3. The Balaban J connectivity index is 1.80. The zero-order chi connectivity index (χ0) is 21.3. The Morgan fingerprint density at radius 2 is 1.60 bits per heavy atom. The predicted molar refractivity (Wildman–Crippen MR) is 123 cm³/mol. The summed E-state index contributed by atoms with van der Waals surface area (Å²) in [4.78, 5) is 23.3. The number of aliphatic imine (C=N–C) groups is 1. The van der Waals surface area contributed by atoms with Crippen molar-refractivity contribution < 1.29 is 9.90 Å². The third-order valence-electron chi connectivity index (χ3n) is 5.34. The lowest BCUT2D eigenvalue weighted by Gasteiger charge is -2.25. The lowest BCUT2D eigenvalue weighted by Crippen LogP contribution is -2.25. The van der Waals surface area contributed by atoms with Crippen LogP contribution in [-0.2, 0) is 0 Å². The summed E-state index contributed by atoms with van der Waals surface area (Å²) in [5, 5.41) is 10.2. The van der Waals surface area contributed by atoms with Gasteiger partial charge in [0.2, 0.25) is 5.78 Å². The van der Waals surface area contributed by atoms with E-state index >= 15 is 0 Å². The lowest BCUT2D eigenvalue weighted by molar-refractivity contribution is 0.104. The first-order chi connectivity index (χ1) is 14.6. The first-order valence-electron chi connectivity index (χ1n) is 11.0. The minimum Gasteiger partial charge on any atom is -0.507 e. The topological polar surface area (TPSA) is 65.8 Å². The minimum absolute atomic E-state index is 0.0195. The molecule has 0 amide bonds. The third kappa shape index (κ3) is 5.35. The summed E-state index contributed by atoms with van der Waals surface area (Å²) in [7, 11) is 0. The molecule has 30 heavy (non-hydrogen) atoms. The fourth-order valence-corrected chi connectivity index (χ4v) is 3.65. The molecule has 5 heteroatoms. The Bertz CT molecular complexity index is 906. The first kappa shape index (κ1) is 21.8. The maximum atomic E-state index is 12.1. The van der Waals surface area contributed by atoms with Gasteiger partial charge in [-0.05, 0) is 55.3 Å². The van der Waals surface area contributed by atoms with Gasteiger partial charge in [0.05, 0.1) is 17.0 Å². The molecule has 0 radical (unpaired) electrons. The molecule has 0 fully saturated rings. The molecule has 1 aliphatic rings. The Hall–Kier alpha value is -2.95. The largest absolute Gasteiger partial charge is 0.507 e. The zero-order valence-electron chi connectivity index (χ0n) is 18.0. The van der Waals surface area contributed by atoms with E-state index in [0.29, 0.717) is 11.3 Å². The van der Waals surface area contributed by atoms with Crippen LogP contribution in [-0.4, -0.2) is 34.7 Å². The van der Waals surface area contributed by atoms with E-state index in [2.05, 4.69) is 40.9 Å². The van der Waals surface area contributed by atoms with Gasteiger partial charge in [-0.1, -0.05) is 39.5 Å². The van der Waals surface area contributed by atoms with Gasteiger partial charge in [0.15, 0.2) is 0 Å². The highest BCUT2D eigenvalue weighted by Crippen LogP contribution is 2.27. The van der Waals surface area contributed by atoms with E-state index in [1.807, 2.05) is 12.1 Å². The number of pyridine rings is 1. The maximum absolute atomic E-state index is 12.1. The molecule has 0 spiro atoms. The van der Waals surface area contributed by atoms with Crippen LogP contribution in [0.5, 0.6) is 5.75 Å². The van der Waals surface area contributed by atoms with E-state index in [-0.39, 0.29) is 17.2 Å². The van der Waals surface area contributed by atoms with E-state index in [9.17, 15) is 9.90 Å². The second-order valence-corrected chi connectivity index (χ2v) is 7.67. The van der Waals surface area contributed by atoms with E-state index in [4.69, 9.17) is 0 Å². The number of unbranched alkanes of at least 4 members (excludes halogenated alkanes) is 4. The second-order valence-electron chi connectivity index (χ2n) is 7.67. The highest BCUT2D eigenvalue weighted by atomic mass is 16.3. The lowest BCUT2D eigenvalue weighted by atomic mass is 9.98. The smallest absolute Gasteiger partial charge is 0.205 e. The van der Waals surface area contributed by atoms with Crippen molar-refractivity contribution in [3.05, 3.63) is 59.9 Å². The van der Waals surface area contributed by atoms with Gasteiger partial charge in [0.25, 0.3) is 0 Å². The third-order valence-corrected chi connectivity index (χ3v) is 5.34. The van der Waals surface area contributed by atoms with Gasteiger partial charge >= 0.3 is 0 Å². The van der Waals surface area contributed by atoms with E-state index in [1.54, 1.807) is 6.08 Å². The van der Waals surface area contributed by atoms with Crippen molar-refractivity contribution in [2.75, 3.05) is 18.0 Å². The number of hydrogen-bond acceptors (Lipinski definition) is 5. The van der Waals surface area contributed by atoms with E-state index in [0.717, 1.165) is 18.8 Å². The van der Waals surface area contributed by atoms with Gasteiger partial charge in [-0.2, -0.15) is 0 Å². The average Bonchev–Trinajstić information content (AvgIpc) is 2.76. The molecule has 1 heterocycles. The molecule has 3 rings (SSSR count). The number of fused-ring (bicyclic) bond motifs is 1. The van der Waals surface area contributed by atoms with Crippen LogP contribution in [0.3, 0.4) is 0 Å². The molecule has 1 aliphatic carbocycles. The molecule has 5 nitrogen and oxygen atoms in total. The molecule has 0 saturated heterocycles. The SMILES string of the molecule is CCCCCN(CCCCC)c1ccc(N=C2C=CC(=O)c3nccc(O)c32)cc1. The Morgan fingerprint density at radius 1 is 0.933 bits per heavy atom. The van der Waals surface area contributed by atoms with Crippen LogP contribution in [0, 0.1) is 0 Å². The number of hydrogen-bond donors (Lipinski definition) is 1. The second kappa shape index (κ2) is 10.7. The molecule has 0 aliphatic heterocycles. The molecular weight excluding hydrogens is 374 g/mol. The van der Waals surface area contributed by atoms with Gasteiger partial charge < -0.3 is 10.0 Å². The van der Waals surface area contributed by atoms with Gasteiger partial charge in [-0.3, -0.25) is 9.78 Å². The molecule has 0 bridgehead atoms. The number of rotatable bonds is 10. The molecular formula is C25H31N3O2. The molecule has 0 saturated carbocycles. The van der Waals surface area contributed by atoms with Crippen molar-refractivity contribution >= 4 is 22.9 Å². The molecule has 1 aromatic heterocycles. The van der Waals surface area contributed by atoms with Crippen LogP contribution < -0.4 is 4.90 Å². The highest BCUT2D eigenvalue weighted by Gasteiger charge is 2.22. The van der Waals surface area contributed by atoms with Crippen molar-refractivity contribution in [1.29, 1.82) is 0 Å². The number of benzene rings is 1. The molecule has 0 unspecified atom stereocenters. The number of aromatic nitrogens is 1. The number of carbonyl (C=O) groups is 1. The van der Waals surface area contributed by atoms with Crippen molar-refractivity contribution in [1.82, 2.24) is 4.98 Å². The Kier molecular flexibility index (Phi) is 7.77. The normalized spacial score (nSPS) is 14.2. The number of aromatic hydroxyl groups is 1. The molecule has 1 aromatic carbocycles. The van der Waals surface area contributed by atoms with Gasteiger partial charge in [0.1, 0.15) is 11.4 Å². The van der Waals surface area contributed by atoms with Crippen LogP contribution >= 0.6 is 0 Å². The van der Waals surface area contributed by atoms with Crippen molar-refractivity contribution in [2.45, 2.75) is 52.4 Å². The summed E-state index contributed by atoms with van der Waals surface area (Å²) in [6, 6.07) is 9.69.